The van der Waals surface area contributed by atoms with E-state index in [9.17, 15) is 4.39 Å². The molecule has 1 aliphatic heterocycles. The number of hydrogen-bond acceptors (Lipinski definition) is 3. The average Bonchev–Trinajstić information content (AvgIpc) is 2.35. The highest BCUT2D eigenvalue weighted by Crippen LogP contribution is 2.28. The van der Waals surface area contributed by atoms with E-state index >= 15 is 0 Å². The largest absolute Gasteiger partial charge is 0.326 e. The van der Waals surface area contributed by atoms with Crippen molar-refractivity contribution in [1.82, 2.24) is 9.80 Å². The van der Waals surface area contributed by atoms with Gasteiger partial charge in [-0.1, -0.05) is 12.1 Å². The Morgan fingerprint density at radius 2 is 1.85 bits per heavy atom. The van der Waals surface area contributed by atoms with Crippen molar-refractivity contribution >= 4 is 0 Å². The molecular formula is C16H26FN3. The van der Waals surface area contributed by atoms with Crippen LogP contribution in [-0.2, 0) is 0 Å². The number of likely N-dealkylation sites (N-methyl/N-ethyl adjacent to an activating group) is 1. The van der Waals surface area contributed by atoms with Gasteiger partial charge in [0.2, 0.25) is 0 Å². The molecule has 0 spiro atoms. The van der Waals surface area contributed by atoms with Gasteiger partial charge in [0.15, 0.2) is 0 Å². The highest BCUT2D eigenvalue weighted by molar-refractivity contribution is 5.22. The second kappa shape index (κ2) is 6.20. The van der Waals surface area contributed by atoms with E-state index in [-0.39, 0.29) is 17.9 Å². The molecule has 0 amide bonds. The molecule has 2 N–H and O–H groups in total. The Bertz CT molecular complexity index is 437. The lowest BCUT2D eigenvalue weighted by molar-refractivity contribution is 0.0273. The smallest absolute Gasteiger partial charge is 0.123 e. The SMILES string of the molecule is CC(N)C(c1cccc(F)c1)N1CC(C)N(C)C(C)C1. The number of nitrogens with zero attached hydrogens (tertiary/aromatic N) is 2. The summed E-state index contributed by atoms with van der Waals surface area (Å²) < 4.78 is 13.5. The lowest BCUT2D eigenvalue weighted by atomic mass is 9.96. The molecule has 112 valence electrons. The fourth-order valence-corrected chi connectivity index (χ4v) is 3.21. The summed E-state index contributed by atoms with van der Waals surface area (Å²) in [7, 11) is 2.16. The third kappa shape index (κ3) is 3.19. The molecule has 4 atom stereocenters. The van der Waals surface area contributed by atoms with Crippen molar-refractivity contribution in [3.05, 3.63) is 35.6 Å². The van der Waals surface area contributed by atoms with Crippen LogP contribution in [0.2, 0.25) is 0 Å². The molecular weight excluding hydrogens is 253 g/mol. The van der Waals surface area contributed by atoms with Crippen LogP contribution in [0.1, 0.15) is 32.4 Å². The molecule has 3 nitrogen and oxygen atoms in total. The minimum Gasteiger partial charge on any atom is -0.326 e. The maximum absolute atomic E-state index is 13.5. The zero-order valence-corrected chi connectivity index (χ0v) is 12.9. The summed E-state index contributed by atoms with van der Waals surface area (Å²) in [6.07, 6.45) is 0. The van der Waals surface area contributed by atoms with Crippen LogP contribution >= 0.6 is 0 Å². The molecule has 20 heavy (non-hydrogen) atoms. The van der Waals surface area contributed by atoms with Gasteiger partial charge in [0.1, 0.15) is 5.82 Å². The number of rotatable bonds is 3. The number of hydrogen-bond donors (Lipinski definition) is 1. The standard InChI is InChI=1S/C16H26FN3/c1-11-9-20(10-12(2)19(11)4)16(13(3)18)14-6-5-7-15(17)8-14/h5-8,11-13,16H,9-10,18H2,1-4H3. The summed E-state index contributed by atoms with van der Waals surface area (Å²) in [5.41, 5.74) is 7.17. The van der Waals surface area contributed by atoms with Crippen LogP contribution in [0, 0.1) is 5.82 Å². The van der Waals surface area contributed by atoms with Crippen molar-refractivity contribution in [3.8, 4) is 0 Å². The first-order chi connectivity index (χ1) is 9.40. The van der Waals surface area contributed by atoms with E-state index in [1.54, 1.807) is 12.1 Å². The third-order valence-electron chi connectivity index (χ3n) is 4.47. The van der Waals surface area contributed by atoms with Gasteiger partial charge in [-0.15, -0.1) is 0 Å². The molecule has 1 fully saturated rings. The molecule has 1 aromatic rings. The Kier molecular flexibility index (Phi) is 4.78. The monoisotopic (exact) mass is 279 g/mol. The first-order valence-electron chi connectivity index (χ1n) is 7.37. The van der Waals surface area contributed by atoms with Gasteiger partial charge in [-0.2, -0.15) is 0 Å². The van der Waals surface area contributed by atoms with E-state index in [1.807, 2.05) is 13.0 Å². The molecule has 0 radical (unpaired) electrons. The maximum atomic E-state index is 13.5. The predicted octanol–water partition coefficient (Wildman–Crippen LogP) is 2.24. The van der Waals surface area contributed by atoms with Gasteiger partial charge in [-0.3, -0.25) is 9.80 Å². The molecule has 1 aromatic carbocycles. The van der Waals surface area contributed by atoms with Crippen LogP contribution in [0.15, 0.2) is 24.3 Å². The van der Waals surface area contributed by atoms with Crippen LogP contribution in [-0.4, -0.2) is 48.1 Å². The van der Waals surface area contributed by atoms with Gasteiger partial charge in [0, 0.05) is 37.3 Å². The summed E-state index contributed by atoms with van der Waals surface area (Å²) in [4.78, 5) is 4.79. The lowest BCUT2D eigenvalue weighted by Gasteiger charge is -2.46. The molecule has 4 heteroatoms. The van der Waals surface area contributed by atoms with Gasteiger partial charge in [0.25, 0.3) is 0 Å². The van der Waals surface area contributed by atoms with Crippen molar-refractivity contribution in [3.63, 3.8) is 0 Å². The van der Waals surface area contributed by atoms with Gasteiger partial charge in [-0.25, -0.2) is 4.39 Å². The van der Waals surface area contributed by atoms with Crippen molar-refractivity contribution in [2.75, 3.05) is 20.1 Å². The number of piperazine rings is 1. The fraction of sp³-hybridized carbons (Fsp3) is 0.625. The van der Waals surface area contributed by atoms with E-state index in [4.69, 9.17) is 5.73 Å². The summed E-state index contributed by atoms with van der Waals surface area (Å²) in [6, 6.07) is 7.85. The number of nitrogens with two attached hydrogens (primary N) is 1. The number of benzene rings is 1. The van der Waals surface area contributed by atoms with E-state index in [1.165, 1.54) is 6.07 Å². The predicted molar refractivity (Wildman–Crippen MR) is 81.1 cm³/mol. The third-order valence-corrected chi connectivity index (χ3v) is 4.47. The molecule has 2 rings (SSSR count). The average molecular weight is 279 g/mol. The van der Waals surface area contributed by atoms with Crippen LogP contribution in [0.5, 0.6) is 0 Å². The summed E-state index contributed by atoms with van der Waals surface area (Å²) in [5.74, 6) is -0.191. The topological polar surface area (TPSA) is 32.5 Å². The fourth-order valence-electron chi connectivity index (χ4n) is 3.21. The van der Waals surface area contributed by atoms with E-state index < -0.39 is 0 Å². The minimum atomic E-state index is -0.191. The molecule has 4 unspecified atom stereocenters. The van der Waals surface area contributed by atoms with Crippen LogP contribution in [0.3, 0.4) is 0 Å². The molecule has 0 aromatic heterocycles. The second-order valence-electron chi connectivity index (χ2n) is 6.18. The summed E-state index contributed by atoms with van der Waals surface area (Å²) >= 11 is 0. The Hall–Kier alpha value is -0.970. The lowest BCUT2D eigenvalue weighted by Crippen LogP contribution is -2.57. The zero-order chi connectivity index (χ0) is 14.9. The van der Waals surface area contributed by atoms with Crippen LogP contribution in [0.4, 0.5) is 4.39 Å². The molecule has 1 saturated heterocycles. The Morgan fingerprint density at radius 3 is 2.35 bits per heavy atom. The molecule has 1 heterocycles. The zero-order valence-electron chi connectivity index (χ0n) is 12.9. The van der Waals surface area contributed by atoms with Crippen molar-refractivity contribution in [2.24, 2.45) is 5.73 Å². The number of halogens is 1. The van der Waals surface area contributed by atoms with Crippen LogP contribution < -0.4 is 5.73 Å². The highest BCUT2D eigenvalue weighted by Gasteiger charge is 2.33. The van der Waals surface area contributed by atoms with E-state index in [2.05, 4.69) is 30.7 Å². The van der Waals surface area contributed by atoms with Gasteiger partial charge >= 0.3 is 0 Å². The molecule has 1 aliphatic rings. The normalized spacial score (nSPS) is 28.3. The van der Waals surface area contributed by atoms with Crippen molar-refractivity contribution in [2.45, 2.75) is 44.9 Å². The van der Waals surface area contributed by atoms with Crippen molar-refractivity contribution < 1.29 is 4.39 Å². The van der Waals surface area contributed by atoms with Crippen molar-refractivity contribution in [1.29, 1.82) is 0 Å². The summed E-state index contributed by atoms with van der Waals surface area (Å²) in [6.45, 7) is 8.38. The Morgan fingerprint density at radius 1 is 1.25 bits per heavy atom. The summed E-state index contributed by atoms with van der Waals surface area (Å²) in [5, 5.41) is 0. The molecule has 0 saturated carbocycles. The maximum Gasteiger partial charge on any atom is 0.123 e. The highest BCUT2D eigenvalue weighted by atomic mass is 19.1. The van der Waals surface area contributed by atoms with Gasteiger partial charge < -0.3 is 5.73 Å². The van der Waals surface area contributed by atoms with Gasteiger partial charge in [-0.05, 0) is 45.5 Å². The quantitative estimate of drug-likeness (QED) is 0.921. The van der Waals surface area contributed by atoms with E-state index in [0.717, 1.165) is 18.7 Å². The Labute approximate surface area is 121 Å². The molecule has 0 bridgehead atoms. The minimum absolute atomic E-state index is 0.0281. The Balaban J connectivity index is 2.25. The van der Waals surface area contributed by atoms with E-state index in [0.29, 0.717) is 12.1 Å². The first-order valence-corrected chi connectivity index (χ1v) is 7.37. The van der Waals surface area contributed by atoms with Crippen LogP contribution in [0.25, 0.3) is 0 Å². The molecule has 0 aliphatic carbocycles. The first kappa shape index (κ1) is 15.4. The second-order valence-corrected chi connectivity index (χ2v) is 6.18. The van der Waals surface area contributed by atoms with Gasteiger partial charge in [0.05, 0.1) is 0 Å².